The van der Waals surface area contributed by atoms with Crippen LogP contribution >= 0.6 is 24.0 Å². The molecule has 4 rings (SSSR count). The molecule has 2 aliphatic rings. The molecule has 0 saturated carbocycles. The highest BCUT2D eigenvalue weighted by molar-refractivity contribution is 14.0. The van der Waals surface area contributed by atoms with Gasteiger partial charge in [0.25, 0.3) is 0 Å². The monoisotopic (exact) mass is 569 g/mol. The van der Waals surface area contributed by atoms with E-state index in [-0.39, 0.29) is 29.4 Å². The maximum Gasteiger partial charge on any atom is 0.193 e. The number of nitrogens with one attached hydrogen (secondary N) is 1. The molecule has 33 heavy (non-hydrogen) atoms. The quantitative estimate of drug-likeness (QED) is 0.312. The summed E-state index contributed by atoms with van der Waals surface area (Å²) in [6, 6.07) is 10.5. The fraction of sp³-hybridized carbons (Fsp3) is 0.583. The number of aliphatic imine (C=N–C) groups is 1. The molecular formula is C24H36IN5O3. The first-order valence-electron chi connectivity index (χ1n) is 11.6. The number of hydrogen-bond donors (Lipinski definition) is 1. The number of guanidine groups is 1. The van der Waals surface area contributed by atoms with Gasteiger partial charge in [-0.3, -0.25) is 9.89 Å². The first-order valence-corrected chi connectivity index (χ1v) is 11.6. The van der Waals surface area contributed by atoms with Crippen molar-refractivity contribution in [3.8, 4) is 5.75 Å². The van der Waals surface area contributed by atoms with Crippen molar-refractivity contribution in [1.82, 2.24) is 20.3 Å². The predicted molar refractivity (Wildman–Crippen MR) is 139 cm³/mol. The number of benzene rings is 1. The molecule has 3 heterocycles. The van der Waals surface area contributed by atoms with Crippen LogP contribution in [0.2, 0.25) is 0 Å². The van der Waals surface area contributed by atoms with E-state index in [1.54, 1.807) is 6.26 Å². The molecule has 2 aromatic rings. The zero-order valence-corrected chi connectivity index (χ0v) is 22.0. The molecule has 1 aromatic heterocycles. The van der Waals surface area contributed by atoms with Crippen molar-refractivity contribution in [3.05, 3.63) is 47.9 Å². The second kappa shape index (κ2) is 12.6. The van der Waals surface area contributed by atoms with Crippen molar-refractivity contribution in [2.24, 2.45) is 4.99 Å². The van der Waals surface area contributed by atoms with Crippen LogP contribution < -0.4 is 10.1 Å². The lowest BCUT2D eigenvalue weighted by molar-refractivity contribution is 0.0510. The van der Waals surface area contributed by atoms with E-state index >= 15 is 0 Å². The third kappa shape index (κ3) is 6.60. The Morgan fingerprint density at radius 2 is 1.85 bits per heavy atom. The molecule has 8 nitrogen and oxygen atoms in total. The van der Waals surface area contributed by atoms with Gasteiger partial charge in [-0.2, -0.15) is 0 Å². The summed E-state index contributed by atoms with van der Waals surface area (Å²) in [7, 11) is 1.87. The van der Waals surface area contributed by atoms with Crippen LogP contribution in [0, 0.1) is 0 Å². The highest BCUT2D eigenvalue weighted by Crippen LogP contribution is 2.35. The first kappa shape index (κ1) is 25.8. The van der Waals surface area contributed by atoms with E-state index in [1.807, 2.05) is 20.0 Å². The van der Waals surface area contributed by atoms with Crippen molar-refractivity contribution in [1.29, 1.82) is 0 Å². The fourth-order valence-corrected chi connectivity index (χ4v) is 4.65. The zero-order chi connectivity index (χ0) is 22.2. The van der Waals surface area contributed by atoms with Gasteiger partial charge in [0.15, 0.2) is 5.96 Å². The van der Waals surface area contributed by atoms with Crippen LogP contribution in [0.25, 0.3) is 0 Å². The fourth-order valence-electron chi connectivity index (χ4n) is 4.65. The molecule has 0 bridgehead atoms. The van der Waals surface area contributed by atoms with Gasteiger partial charge in [0.2, 0.25) is 0 Å². The highest BCUT2D eigenvalue weighted by Gasteiger charge is 2.35. The second-order valence-corrected chi connectivity index (χ2v) is 8.50. The normalized spacial score (nSPS) is 19.1. The molecule has 0 amide bonds. The lowest BCUT2D eigenvalue weighted by atomic mass is 9.74. The Hall–Kier alpha value is -1.85. The van der Waals surface area contributed by atoms with Gasteiger partial charge < -0.3 is 24.2 Å². The van der Waals surface area contributed by atoms with Crippen LogP contribution in [-0.4, -0.2) is 80.5 Å². The minimum absolute atomic E-state index is 0. The van der Waals surface area contributed by atoms with Crippen molar-refractivity contribution in [3.63, 3.8) is 0 Å². The number of hydrogen-bond acceptors (Lipinski definition) is 6. The molecule has 9 heteroatoms. The molecule has 0 spiro atoms. The average molecular weight is 569 g/mol. The lowest BCUT2D eigenvalue weighted by Gasteiger charge is -2.40. The third-order valence-corrected chi connectivity index (χ3v) is 6.57. The second-order valence-electron chi connectivity index (χ2n) is 8.50. The predicted octanol–water partition coefficient (Wildman–Crippen LogP) is 3.13. The minimum Gasteiger partial charge on any atom is -0.494 e. The smallest absolute Gasteiger partial charge is 0.193 e. The van der Waals surface area contributed by atoms with Gasteiger partial charge in [-0.05, 0) is 37.5 Å². The van der Waals surface area contributed by atoms with E-state index in [2.05, 4.69) is 49.5 Å². The van der Waals surface area contributed by atoms with E-state index in [9.17, 15) is 0 Å². The maximum atomic E-state index is 5.70. The number of nitrogens with zero attached hydrogens (tertiary/aromatic N) is 4. The molecule has 1 N–H and O–H groups in total. The average Bonchev–Trinajstić information content (AvgIpc) is 3.35. The summed E-state index contributed by atoms with van der Waals surface area (Å²) in [5, 5.41) is 7.72. The van der Waals surface area contributed by atoms with Crippen LogP contribution in [0.1, 0.15) is 31.0 Å². The molecule has 0 aliphatic carbocycles. The molecule has 0 unspecified atom stereocenters. The van der Waals surface area contributed by atoms with Gasteiger partial charge in [0.1, 0.15) is 12.0 Å². The Morgan fingerprint density at radius 3 is 2.45 bits per heavy atom. The summed E-state index contributed by atoms with van der Waals surface area (Å²) in [4.78, 5) is 9.35. The first-order chi connectivity index (χ1) is 15.7. The van der Waals surface area contributed by atoms with Crippen LogP contribution in [0.15, 0.2) is 46.1 Å². The number of halogens is 1. The minimum atomic E-state index is 0. The summed E-state index contributed by atoms with van der Waals surface area (Å²) in [5.74, 6) is 1.90. The highest BCUT2D eigenvalue weighted by atomic mass is 127. The van der Waals surface area contributed by atoms with E-state index in [0.29, 0.717) is 6.61 Å². The van der Waals surface area contributed by atoms with E-state index < -0.39 is 0 Å². The molecular weight excluding hydrogens is 533 g/mol. The van der Waals surface area contributed by atoms with Crippen LogP contribution in [0.5, 0.6) is 5.75 Å². The molecule has 0 atom stereocenters. The number of piperazine rings is 1. The number of aromatic nitrogens is 1. The van der Waals surface area contributed by atoms with Gasteiger partial charge in [-0.25, -0.2) is 0 Å². The number of rotatable bonds is 7. The molecule has 2 saturated heterocycles. The van der Waals surface area contributed by atoms with Crippen molar-refractivity contribution >= 4 is 29.9 Å². The van der Waals surface area contributed by atoms with E-state index in [0.717, 1.165) is 82.7 Å². The van der Waals surface area contributed by atoms with Crippen molar-refractivity contribution in [2.45, 2.75) is 31.7 Å². The Balaban J connectivity index is 0.00000306. The molecule has 1 aromatic carbocycles. The maximum absolute atomic E-state index is 5.70. The van der Waals surface area contributed by atoms with Crippen LogP contribution in [-0.2, 0) is 16.7 Å². The lowest BCUT2D eigenvalue weighted by Crippen LogP contribution is -2.54. The van der Waals surface area contributed by atoms with Gasteiger partial charge in [-0.15, -0.1) is 24.0 Å². The Kier molecular flexibility index (Phi) is 9.81. The largest absolute Gasteiger partial charge is 0.494 e. The van der Waals surface area contributed by atoms with Gasteiger partial charge >= 0.3 is 0 Å². The summed E-state index contributed by atoms with van der Waals surface area (Å²) in [6.45, 7) is 9.78. The molecule has 182 valence electrons. The van der Waals surface area contributed by atoms with E-state index in [4.69, 9.17) is 14.0 Å². The molecule has 2 aliphatic heterocycles. The van der Waals surface area contributed by atoms with Crippen LogP contribution in [0.4, 0.5) is 0 Å². The standard InChI is InChI=1S/C24H35N5O3.HI/c1-3-31-22-6-4-20(5-7-22)24(9-16-30-17-10-24)19-26-23(25-2)29-13-11-28(12-14-29)18-21-8-15-32-27-21;/h4-8,15H,3,9-14,16-19H2,1-2H3,(H,25,26);1H. The molecule has 0 radical (unpaired) electrons. The van der Waals surface area contributed by atoms with Crippen molar-refractivity contribution in [2.75, 3.05) is 59.6 Å². The molecule has 2 fully saturated rings. The Bertz CT molecular complexity index is 845. The van der Waals surface area contributed by atoms with Gasteiger partial charge in [-0.1, -0.05) is 17.3 Å². The zero-order valence-electron chi connectivity index (χ0n) is 19.7. The Labute approximate surface area is 213 Å². The Morgan fingerprint density at radius 1 is 1.12 bits per heavy atom. The summed E-state index contributed by atoms with van der Waals surface area (Å²) in [6.07, 6.45) is 3.63. The van der Waals surface area contributed by atoms with Gasteiger partial charge in [0, 0.05) is 71.0 Å². The third-order valence-electron chi connectivity index (χ3n) is 6.57. The van der Waals surface area contributed by atoms with Crippen LogP contribution in [0.3, 0.4) is 0 Å². The van der Waals surface area contributed by atoms with Gasteiger partial charge in [0.05, 0.1) is 12.3 Å². The number of ether oxygens (including phenoxy) is 2. The SMILES string of the molecule is CCOc1ccc(C2(CNC(=NC)N3CCN(Cc4ccon4)CC3)CCOCC2)cc1.I. The van der Waals surface area contributed by atoms with E-state index in [1.165, 1.54) is 5.56 Å². The summed E-state index contributed by atoms with van der Waals surface area (Å²) in [5.41, 5.74) is 2.36. The van der Waals surface area contributed by atoms with Crippen molar-refractivity contribution < 1.29 is 14.0 Å². The summed E-state index contributed by atoms with van der Waals surface area (Å²) < 4.78 is 16.3. The summed E-state index contributed by atoms with van der Waals surface area (Å²) >= 11 is 0. The topological polar surface area (TPSA) is 75.4 Å².